The van der Waals surface area contributed by atoms with E-state index in [4.69, 9.17) is 0 Å². The summed E-state index contributed by atoms with van der Waals surface area (Å²) < 4.78 is 11.7. The van der Waals surface area contributed by atoms with E-state index in [9.17, 15) is 9.18 Å². The molecule has 57 valence electrons. The van der Waals surface area contributed by atoms with Gasteiger partial charge in [-0.3, -0.25) is 4.79 Å². The molecular formula is C8H7FNO. The molecule has 0 heterocycles. The van der Waals surface area contributed by atoms with Crippen molar-refractivity contribution in [2.75, 3.05) is 12.0 Å². The van der Waals surface area contributed by atoms with Crippen LogP contribution in [0.25, 0.3) is 0 Å². The van der Waals surface area contributed by atoms with Crippen molar-refractivity contribution in [3.63, 3.8) is 0 Å². The van der Waals surface area contributed by atoms with Crippen molar-refractivity contribution >= 4 is 11.6 Å². The van der Waals surface area contributed by atoms with E-state index in [1.54, 1.807) is 24.3 Å². The second kappa shape index (κ2) is 3.71. The van der Waals surface area contributed by atoms with Crippen LogP contribution in [0, 0.1) is 6.07 Å². The van der Waals surface area contributed by atoms with Gasteiger partial charge >= 0.3 is 0 Å². The molecule has 0 saturated heterocycles. The van der Waals surface area contributed by atoms with Crippen molar-refractivity contribution in [1.82, 2.24) is 0 Å². The Labute approximate surface area is 64.0 Å². The Hall–Kier alpha value is -1.38. The van der Waals surface area contributed by atoms with E-state index in [0.29, 0.717) is 5.69 Å². The molecule has 0 aliphatic rings. The molecule has 2 nitrogen and oxygen atoms in total. The molecule has 1 radical (unpaired) electrons. The summed E-state index contributed by atoms with van der Waals surface area (Å²) in [6.07, 6.45) is 0. The van der Waals surface area contributed by atoms with Crippen molar-refractivity contribution < 1.29 is 9.18 Å². The van der Waals surface area contributed by atoms with Crippen LogP contribution < -0.4 is 5.32 Å². The first kappa shape index (κ1) is 7.72. The standard InChI is InChI=1S/C8H7FNO/c9-6-8(11)10-7-4-2-1-3-5-7/h2-5H,6H2,(H,10,11). The van der Waals surface area contributed by atoms with Crippen LogP contribution in [0.5, 0.6) is 0 Å². The van der Waals surface area contributed by atoms with Crippen molar-refractivity contribution in [3.05, 3.63) is 30.3 Å². The maximum Gasteiger partial charge on any atom is 0.255 e. The zero-order valence-electron chi connectivity index (χ0n) is 5.80. The lowest BCUT2D eigenvalue weighted by Crippen LogP contribution is -2.12. The number of carbonyl (C=O) groups is 1. The highest BCUT2D eigenvalue weighted by Gasteiger charge is 1.97. The maximum absolute atomic E-state index is 11.7. The summed E-state index contributed by atoms with van der Waals surface area (Å²) in [5.41, 5.74) is 0.589. The van der Waals surface area contributed by atoms with E-state index in [2.05, 4.69) is 11.4 Å². The number of hydrogen-bond acceptors (Lipinski definition) is 1. The fraction of sp³-hybridized carbons (Fsp3) is 0.125. The first-order valence-corrected chi connectivity index (χ1v) is 3.15. The van der Waals surface area contributed by atoms with Crippen LogP contribution in [-0.4, -0.2) is 12.6 Å². The van der Waals surface area contributed by atoms with E-state index >= 15 is 0 Å². The number of carbonyl (C=O) groups excluding carboxylic acids is 1. The van der Waals surface area contributed by atoms with Gasteiger partial charge in [-0.1, -0.05) is 12.1 Å². The van der Waals surface area contributed by atoms with Crippen LogP contribution in [0.15, 0.2) is 24.3 Å². The highest BCUT2D eigenvalue weighted by molar-refractivity contribution is 5.91. The van der Waals surface area contributed by atoms with Crippen molar-refractivity contribution in [2.45, 2.75) is 0 Å². The van der Waals surface area contributed by atoms with Gasteiger partial charge in [-0.15, -0.1) is 0 Å². The van der Waals surface area contributed by atoms with Gasteiger partial charge in [0, 0.05) is 5.69 Å². The molecular weight excluding hydrogens is 145 g/mol. The minimum absolute atomic E-state index is 0.589. The van der Waals surface area contributed by atoms with Gasteiger partial charge in [0.05, 0.1) is 0 Å². The highest BCUT2D eigenvalue weighted by atomic mass is 19.1. The van der Waals surface area contributed by atoms with Crippen LogP contribution in [0.1, 0.15) is 0 Å². The Kier molecular flexibility index (Phi) is 2.60. The Morgan fingerprint density at radius 1 is 1.55 bits per heavy atom. The minimum Gasteiger partial charge on any atom is -0.324 e. The predicted octanol–water partition coefficient (Wildman–Crippen LogP) is 1.39. The smallest absolute Gasteiger partial charge is 0.255 e. The average molecular weight is 152 g/mol. The molecule has 0 aliphatic heterocycles. The first-order valence-electron chi connectivity index (χ1n) is 3.15. The summed E-state index contributed by atoms with van der Waals surface area (Å²) in [5.74, 6) is -0.629. The molecule has 0 bridgehead atoms. The highest BCUT2D eigenvalue weighted by Crippen LogP contribution is 2.03. The average Bonchev–Trinajstić information content (AvgIpc) is 2.06. The van der Waals surface area contributed by atoms with Gasteiger partial charge in [-0.2, -0.15) is 0 Å². The molecule has 1 rings (SSSR count). The van der Waals surface area contributed by atoms with E-state index in [0.717, 1.165) is 0 Å². The Balaban J connectivity index is 2.58. The molecule has 1 N–H and O–H groups in total. The number of hydrogen-bond donors (Lipinski definition) is 1. The zero-order chi connectivity index (χ0) is 8.10. The fourth-order valence-corrected chi connectivity index (χ4v) is 0.665. The third-order valence-electron chi connectivity index (χ3n) is 1.12. The minimum atomic E-state index is -0.987. The van der Waals surface area contributed by atoms with E-state index in [1.165, 1.54) is 0 Å². The molecule has 3 heteroatoms. The topological polar surface area (TPSA) is 29.1 Å². The van der Waals surface area contributed by atoms with Crippen molar-refractivity contribution in [3.8, 4) is 0 Å². The molecule has 0 unspecified atom stereocenters. The van der Waals surface area contributed by atoms with Crippen LogP contribution in [0.4, 0.5) is 10.1 Å². The SMILES string of the molecule is O=C(CF)Nc1cc[c]cc1. The van der Waals surface area contributed by atoms with Crippen LogP contribution in [0.2, 0.25) is 0 Å². The van der Waals surface area contributed by atoms with Crippen LogP contribution in [0.3, 0.4) is 0 Å². The van der Waals surface area contributed by atoms with Gasteiger partial charge in [0.25, 0.3) is 5.91 Å². The third-order valence-corrected chi connectivity index (χ3v) is 1.12. The number of rotatable bonds is 2. The van der Waals surface area contributed by atoms with Crippen LogP contribution >= 0.6 is 0 Å². The van der Waals surface area contributed by atoms with Crippen molar-refractivity contribution in [2.24, 2.45) is 0 Å². The molecule has 0 fully saturated rings. The summed E-state index contributed by atoms with van der Waals surface area (Å²) >= 11 is 0. The summed E-state index contributed by atoms with van der Waals surface area (Å²) in [6.45, 7) is -0.987. The van der Waals surface area contributed by atoms with Gasteiger partial charge in [0.2, 0.25) is 0 Å². The molecule has 1 aromatic rings. The summed E-state index contributed by atoms with van der Waals surface area (Å²) in [7, 11) is 0. The molecule has 1 aromatic carbocycles. The third kappa shape index (κ3) is 2.37. The largest absolute Gasteiger partial charge is 0.324 e. The second-order valence-electron chi connectivity index (χ2n) is 1.97. The molecule has 0 aromatic heterocycles. The van der Waals surface area contributed by atoms with E-state index < -0.39 is 12.6 Å². The monoisotopic (exact) mass is 152 g/mol. The van der Waals surface area contributed by atoms with Gasteiger partial charge in [-0.25, -0.2) is 4.39 Å². The van der Waals surface area contributed by atoms with Crippen LogP contribution in [-0.2, 0) is 4.79 Å². The number of alkyl halides is 1. The molecule has 11 heavy (non-hydrogen) atoms. The molecule has 0 spiro atoms. The summed E-state index contributed by atoms with van der Waals surface area (Å²) in [5, 5.41) is 2.36. The van der Waals surface area contributed by atoms with Gasteiger partial charge in [0.15, 0.2) is 6.67 Å². The Morgan fingerprint density at radius 2 is 2.18 bits per heavy atom. The predicted molar refractivity (Wildman–Crippen MR) is 39.9 cm³/mol. The zero-order valence-corrected chi connectivity index (χ0v) is 5.80. The Morgan fingerprint density at radius 3 is 2.73 bits per heavy atom. The summed E-state index contributed by atoms with van der Waals surface area (Å²) in [4.78, 5) is 10.5. The quantitative estimate of drug-likeness (QED) is 0.681. The van der Waals surface area contributed by atoms with E-state index in [1.807, 2.05) is 0 Å². The van der Waals surface area contributed by atoms with Gasteiger partial charge < -0.3 is 5.32 Å². The second-order valence-corrected chi connectivity index (χ2v) is 1.97. The Bertz CT molecular complexity index is 235. The number of benzene rings is 1. The number of nitrogens with one attached hydrogen (secondary N) is 1. The summed E-state index contributed by atoms with van der Waals surface area (Å²) in [6, 6.07) is 9.37. The lowest BCUT2D eigenvalue weighted by atomic mass is 10.3. The molecule has 0 atom stereocenters. The van der Waals surface area contributed by atoms with E-state index in [-0.39, 0.29) is 0 Å². The molecule has 0 saturated carbocycles. The number of halogens is 1. The van der Waals surface area contributed by atoms with Crippen molar-refractivity contribution in [1.29, 1.82) is 0 Å². The lowest BCUT2D eigenvalue weighted by molar-refractivity contribution is -0.117. The maximum atomic E-state index is 11.7. The number of anilines is 1. The number of amides is 1. The van der Waals surface area contributed by atoms with Gasteiger partial charge in [0.1, 0.15) is 0 Å². The normalized spacial score (nSPS) is 9.18. The first-order chi connectivity index (χ1) is 5.33. The van der Waals surface area contributed by atoms with Gasteiger partial charge in [-0.05, 0) is 18.2 Å². The lowest BCUT2D eigenvalue weighted by Gasteiger charge is -1.99. The molecule has 1 amide bonds. The fourth-order valence-electron chi connectivity index (χ4n) is 0.665. The molecule has 0 aliphatic carbocycles.